The molecule has 8 nitrogen and oxygen atoms in total. The highest BCUT2D eigenvalue weighted by atomic mass is 32.2. The second kappa shape index (κ2) is 10.7. The topological polar surface area (TPSA) is 113 Å². The smallest absolute Gasteiger partial charge is 0.407 e. The number of carbonyl (C=O) groups is 2. The summed E-state index contributed by atoms with van der Waals surface area (Å²) >= 11 is 0. The third-order valence-electron chi connectivity index (χ3n) is 5.87. The summed E-state index contributed by atoms with van der Waals surface area (Å²) < 4.78 is 31.8. The van der Waals surface area contributed by atoms with E-state index in [1.807, 2.05) is 48.5 Å². The number of carboxylic acids is 1. The minimum atomic E-state index is -3.90. The molecule has 4 rings (SSSR count). The van der Waals surface area contributed by atoms with Crippen molar-refractivity contribution in [2.45, 2.75) is 11.7 Å². The van der Waals surface area contributed by atoms with Crippen LogP contribution in [0.3, 0.4) is 0 Å². The summed E-state index contributed by atoms with van der Waals surface area (Å²) in [6.07, 6.45) is -0.692. The summed E-state index contributed by atoms with van der Waals surface area (Å²) in [5, 5.41) is 11.7. The lowest BCUT2D eigenvalue weighted by molar-refractivity contribution is -0.137. The van der Waals surface area contributed by atoms with Gasteiger partial charge in [-0.25, -0.2) is 13.2 Å². The van der Waals surface area contributed by atoms with E-state index in [9.17, 15) is 18.0 Å². The van der Waals surface area contributed by atoms with Gasteiger partial charge in [-0.3, -0.25) is 4.79 Å². The number of amides is 1. The fraction of sp³-hybridized carbons (Fsp3) is 0.231. The molecule has 9 heteroatoms. The van der Waals surface area contributed by atoms with Crippen LogP contribution in [0.25, 0.3) is 11.1 Å². The van der Waals surface area contributed by atoms with E-state index in [4.69, 9.17) is 9.84 Å². The summed E-state index contributed by atoms with van der Waals surface area (Å²) in [6.45, 7) is -0.837. The number of sulfonamides is 1. The normalized spacial score (nSPS) is 12.7. The SMILES string of the molecule is O=C(O)CN(CCNC(=O)OCC1c2ccccc2-c2ccccc21)S(=O)(=O)Cc1ccccc1. The van der Waals surface area contributed by atoms with Gasteiger partial charge in [0.2, 0.25) is 10.0 Å². The van der Waals surface area contributed by atoms with Gasteiger partial charge in [0.15, 0.2) is 0 Å². The summed E-state index contributed by atoms with van der Waals surface area (Å²) in [4.78, 5) is 23.6. The third kappa shape index (κ3) is 5.87. The van der Waals surface area contributed by atoms with E-state index in [-0.39, 0.29) is 31.4 Å². The van der Waals surface area contributed by atoms with Crippen molar-refractivity contribution in [2.75, 3.05) is 26.2 Å². The average molecular weight is 495 g/mol. The lowest BCUT2D eigenvalue weighted by Crippen LogP contribution is -2.42. The fourth-order valence-electron chi connectivity index (χ4n) is 4.28. The lowest BCUT2D eigenvalue weighted by atomic mass is 9.98. The molecule has 3 aromatic rings. The van der Waals surface area contributed by atoms with Crippen LogP contribution < -0.4 is 5.32 Å². The third-order valence-corrected chi connectivity index (χ3v) is 7.67. The molecule has 35 heavy (non-hydrogen) atoms. The molecule has 0 radical (unpaired) electrons. The first-order valence-corrected chi connectivity index (χ1v) is 12.8. The number of fused-ring (bicyclic) bond motifs is 3. The summed E-state index contributed by atoms with van der Waals surface area (Å²) in [5.41, 5.74) is 4.95. The van der Waals surface area contributed by atoms with Gasteiger partial charge in [-0.2, -0.15) is 4.31 Å². The molecular weight excluding hydrogens is 468 g/mol. The highest BCUT2D eigenvalue weighted by Crippen LogP contribution is 2.44. The molecule has 0 spiro atoms. The highest BCUT2D eigenvalue weighted by Gasteiger charge is 2.29. The number of carboxylic acid groups (broad SMARTS) is 1. The van der Waals surface area contributed by atoms with E-state index < -0.39 is 28.6 Å². The first kappa shape index (κ1) is 24.4. The molecule has 0 aliphatic heterocycles. The fourth-order valence-corrected chi connectivity index (χ4v) is 5.75. The molecule has 0 saturated heterocycles. The van der Waals surface area contributed by atoms with Crippen LogP contribution in [0, 0.1) is 0 Å². The van der Waals surface area contributed by atoms with Gasteiger partial charge in [-0.15, -0.1) is 0 Å². The van der Waals surface area contributed by atoms with Crippen molar-refractivity contribution in [3.05, 3.63) is 95.6 Å². The van der Waals surface area contributed by atoms with Crippen LogP contribution in [0.15, 0.2) is 78.9 Å². The van der Waals surface area contributed by atoms with E-state index in [2.05, 4.69) is 5.32 Å². The maximum Gasteiger partial charge on any atom is 0.407 e. The Hall–Kier alpha value is -3.69. The molecule has 0 unspecified atom stereocenters. The van der Waals surface area contributed by atoms with E-state index >= 15 is 0 Å². The standard InChI is InChI=1S/C26H26N2O6S/c29-25(30)16-28(35(32,33)18-19-8-2-1-3-9-19)15-14-27-26(31)34-17-24-22-12-6-4-10-20(22)21-11-5-7-13-23(21)24/h1-13,24H,14-18H2,(H,27,31)(H,29,30). The molecule has 0 fully saturated rings. The van der Waals surface area contributed by atoms with Gasteiger partial charge in [0.1, 0.15) is 13.2 Å². The van der Waals surface area contributed by atoms with Gasteiger partial charge in [0.05, 0.1) is 5.75 Å². The number of aliphatic carboxylic acids is 1. The van der Waals surface area contributed by atoms with E-state index in [1.165, 1.54) is 0 Å². The Balaban J connectivity index is 1.33. The number of nitrogens with one attached hydrogen (secondary N) is 1. The molecule has 0 atom stereocenters. The van der Waals surface area contributed by atoms with Gasteiger partial charge in [-0.1, -0.05) is 78.9 Å². The zero-order chi connectivity index (χ0) is 24.8. The lowest BCUT2D eigenvalue weighted by Gasteiger charge is -2.21. The van der Waals surface area contributed by atoms with E-state index in [0.717, 1.165) is 26.6 Å². The van der Waals surface area contributed by atoms with Crippen LogP contribution in [-0.4, -0.2) is 56.1 Å². The zero-order valence-electron chi connectivity index (χ0n) is 19.0. The van der Waals surface area contributed by atoms with Crippen LogP contribution >= 0.6 is 0 Å². The Morgan fingerprint density at radius 1 is 0.886 bits per heavy atom. The molecule has 2 N–H and O–H groups in total. The Morgan fingerprint density at radius 3 is 2.06 bits per heavy atom. The molecule has 3 aromatic carbocycles. The van der Waals surface area contributed by atoms with E-state index in [0.29, 0.717) is 5.56 Å². The minimum absolute atomic E-state index is 0.0853. The molecule has 0 heterocycles. The average Bonchev–Trinajstić information content (AvgIpc) is 3.16. The Labute approximate surface area is 204 Å². The molecule has 1 amide bonds. The van der Waals surface area contributed by atoms with Crippen molar-refractivity contribution >= 4 is 22.1 Å². The van der Waals surface area contributed by atoms with E-state index in [1.54, 1.807) is 30.3 Å². The Kier molecular flexibility index (Phi) is 7.48. The van der Waals surface area contributed by atoms with Crippen LogP contribution in [0.4, 0.5) is 4.79 Å². The molecule has 182 valence electrons. The monoisotopic (exact) mass is 494 g/mol. The number of rotatable bonds is 10. The van der Waals surface area contributed by atoms with Crippen molar-refractivity contribution in [1.82, 2.24) is 9.62 Å². The number of benzene rings is 3. The quantitative estimate of drug-likeness (QED) is 0.446. The Bertz CT molecular complexity index is 1260. The van der Waals surface area contributed by atoms with Gasteiger partial charge in [-0.05, 0) is 27.8 Å². The first-order chi connectivity index (χ1) is 16.8. The highest BCUT2D eigenvalue weighted by molar-refractivity contribution is 7.88. The van der Waals surface area contributed by atoms with Gasteiger partial charge < -0.3 is 15.2 Å². The maximum absolute atomic E-state index is 12.8. The zero-order valence-corrected chi connectivity index (χ0v) is 19.8. The predicted octanol–water partition coefficient (Wildman–Crippen LogP) is 3.44. The molecule has 0 saturated carbocycles. The van der Waals surface area contributed by atoms with Crippen LogP contribution in [0.2, 0.25) is 0 Å². The van der Waals surface area contributed by atoms with Crippen LogP contribution in [-0.2, 0) is 25.3 Å². The van der Waals surface area contributed by atoms with Crippen molar-refractivity contribution in [3.63, 3.8) is 0 Å². The summed E-state index contributed by atoms with van der Waals surface area (Å²) in [5.74, 6) is -1.70. The first-order valence-electron chi connectivity index (χ1n) is 11.2. The molecule has 1 aliphatic rings. The van der Waals surface area contributed by atoms with Gasteiger partial charge in [0.25, 0.3) is 0 Å². The maximum atomic E-state index is 12.8. The second-order valence-electron chi connectivity index (χ2n) is 8.22. The second-order valence-corrected chi connectivity index (χ2v) is 10.2. The van der Waals surface area contributed by atoms with Crippen molar-refractivity contribution in [2.24, 2.45) is 0 Å². The number of hydrogen-bond donors (Lipinski definition) is 2. The number of hydrogen-bond acceptors (Lipinski definition) is 5. The molecule has 1 aliphatic carbocycles. The van der Waals surface area contributed by atoms with Crippen molar-refractivity contribution in [1.29, 1.82) is 0 Å². The van der Waals surface area contributed by atoms with Crippen LogP contribution in [0.1, 0.15) is 22.6 Å². The van der Waals surface area contributed by atoms with Gasteiger partial charge in [0, 0.05) is 19.0 Å². The molecular formula is C26H26N2O6S. The number of nitrogens with zero attached hydrogens (tertiary/aromatic N) is 1. The van der Waals surface area contributed by atoms with Crippen molar-refractivity contribution < 1.29 is 27.9 Å². The minimum Gasteiger partial charge on any atom is -0.480 e. The number of ether oxygens (including phenoxy) is 1. The molecule has 0 aromatic heterocycles. The predicted molar refractivity (Wildman–Crippen MR) is 131 cm³/mol. The summed E-state index contributed by atoms with van der Waals surface area (Å²) in [6, 6.07) is 24.5. The number of carbonyl (C=O) groups excluding carboxylic acids is 1. The largest absolute Gasteiger partial charge is 0.480 e. The number of alkyl carbamates (subject to hydrolysis) is 1. The van der Waals surface area contributed by atoms with Crippen LogP contribution in [0.5, 0.6) is 0 Å². The molecule has 0 bridgehead atoms. The van der Waals surface area contributed by atoms with Gasteiger partial charge >= 0.3 is 12.1 Å². The summed E-state index contributed by atoms with van der Waals surface area (Å²) in [7, 11) is -3.90. The van der Waals surface area contributed by atoms with Crippen molar-refractivity contribution in [3.8, 4) is 11.1 Å². The Morgan fingerprint density at radius 2 is 1.46 bits per heavy atom.